The number of nitrogens with one attached hydrogen (secondary N) is 2. The van der Waals surface area contributed by atoms with Crippen molar-refractivity contribution in [3.63, 3.8) is 0 Å². The van der Waals surface area contributed by atoms with Gasteiger partial charge in [0, 0.05) is 53.1 Å². The number of amides is 1. The molecule has 1 aliphatic heterocycles. The highest BCUT2D eigenvalue weighted by Crippen LogP contribution is 2.39. The number of carbonyl (C=O) groups is 1. The largest absolute Gasteiger partial charge is 0.358 e. The lowest BCUT2D eigenvalue weighted by molar-refractivity contribution is -0.0298. The van der Waals surface area contributed by atoms with Gasteiger partial charge in [-0.25, -0.2) is 19.9 Å². The molecule has 1 atom stereocenters. The Bertz CT molecular complexity index is 1740. The molecule has 1 amide bonds. The SMILES string of the molecule is Cc1ccc(NC(=O)c2ccnc(C3CC3)c2)cc1Nc1ncccc1-c1ncnc2c1ncn2C1CCCCO1. The van der Waals surface area contributed by atoms with Crippen molar-refractivity contribution in [2.45, 2.75) is 51.2 Å². The lowest BCUT2D eigenvalue weighted by atomic mass is 10.1. The molecule has 1 aliphatic carbocycles. The van der Waals surface area contributed by atoms with Crippen LogP contribution in [-0.4, -0.2) is 42.0 Å². The van der Waals surface area contributed by atoms with Gasteiger partial charge in [-0.1, -0.05) is 6.07 Å². The average Bonchev–Trinajstić information content (AvgIpc) is 3.78. The van der Waals surface area contributed by atoms with E-state index < -0.39 is 0 Å². The van der Waals surface area contributed by atoms with Crippen LogP contribution in [0.25, 0.3) is 22.4 Å². The number of pyridine rings is 2. The number of hydrogen-bond donors (Lipinski definition) is 2. The Hall–Kier alpha value is -4.70. The minimum absolute atomic E-state index is 0.0731. The summed E-state index contributed by atoms with van der Waals surface area (Å²) in [6.45, 7) is 2.75. The molecular weight excluding hydrogens is 516 g/mol. The summed E-state index contributed by atoms with van der Waals surface area (Å²) in [7, 11) is 0. The van der Waals surface area contributed by atoms with Crippen LogP contribution in [0.4, 0.5) is 17.2 Å². The zero-order chi connectivity index (χ0) is 27.8. The molecular formula is C31H30N8O2. The Morgan fingerprint density at radius 1 is 0.976 bits per heavy atom. The molecule has 4 aromatic heterocycles. The fourth-order valence-electron chi connectivity index (χ4n) is 5.26. The number of hydrogen-bond acceptors (Lipinski definition) is 8. The number of anilines is 3. The van der Waals surface area contributed by atoms with Gasteiger partial charge in [-0.3, -0.25) is 14.3 Å². The summed E-state index contributed by atoms with van der Waals surface area (Å²) < 4.78 is 7.98. The van der Waals surface area contributed by atoms with Crippen molar-refractivity contribution in [1.82, 2.24) is 29.5 Å². The first kappa shape index (κ1) is 25.3. The van der Waals surface area contributed by atoms with Gasteiger partial charge in [0.15, 0.2) is 5.65 Å². The van der Waals surface area contributed by atoms with Crippen LogP contribution < -0.4 is 10.6 Å². The van der Waals surface area contributed by atoms with Gasteiger partial charge in [0.25, 0.3) is 5.91 Å². The molecule has 5 heterocycles. The Labute approximate surface area is 237 Å². The summed E-state index contributed by atoms with van der Waals surface area (Å²) in [4.78, 5) is 35.9. The van der Waals surface area contributed by atoms with Crippen LogP contribution in [0.3, 0.4) is 0 Å². The van der Waals surface area contributed by atoms with Gasteiger partial charge in [-0.05, 0) is 81.0 Å². The van der Waals surface area contributed by atoms with E-state index in [2.05, 4.69) is 35.6 Å². The van der Waals surface area contributed by atoms with Gasteiger partial charge in [-0.2, -0.15) is 0 Å². The Morgan fingerprint density at radius 3 is 2.76 bits per heavy atom. The van der Waals surface area contributed by atoms with Crippen molar-refractivity contribution in [3.05, 3.63) is 84.3 Å². The molecule has 1 unspecified atom stereocenters. The predicted molar refractivity (Wildman–Crippen MR) is 156 cm³/mol. The van der Waals surface area contributed by atoms with Crippen LogP contribution >= 0.6 is 0 Å². The van der Waals surface area contributed by atoms with E-state index in [1.165, 1.54) is 0 Å². The van der Waals surface area contributed by atoms with Gasteiger partial charge in [0.1, 0.15) is 29.6 Å². The summed E-state index contributed by atoms with van der Waals surface area (Å²) in [6.07, 6.45) is 12.1. The molecule has 2 fully saturated rings. The molecule has 7 rings (SSSR count). The molecule has 1 aromatic carbocycles. The van der Waals surface area contributed by atoms with Gasteiger partial charge in [-0.15, -0.1) is 0 Å². The van der Waals surface area contributed by atoms with E-state index in [1.807, 2.05) is 47.9 Å². The zero-order valence-corrected chi connectivity index (χ0v) is 22.7. The van der Waals surface area contributed by atoms with E-state index in [0.717, 1.165) is 66.9 Å². The average molecular weight is 547 g/mol. The summed E-state index contributed by atoms with van der Waals surface area (Å²) in [5.41, 5.74) is 7.02. The van der Waals surface area contributed by atoms with Crippen molar-refractivity contribution in [1.29, 1.82) is 0 Å². The van der Waals surface area contributed by atoms with Gasteiger partial charge in [0.2, 0.25) is 0 Å². The summed E-state index contributed by atoms with van der Waals surface area (Å²) in [5.74, 6) is 0.949. The van der Waals surface area contributed by atoms with E-state index in [0.29, 0.717) is 34.2 Å². The third-order valence-electron chi connectivity index (χ3n) is 7.67. The predicted octanol–water partition coefficient (Wildman–Crippen LogP) is 6.16. The number of fused-ring (bicyclic) bond motifs is 1. The van der Waals surface area contributed by atoms with Crippen LogP contribution in [0.5, 0.6) is 0 Å². The minimum Gasteiger partial charge on any atom is -0.358 e. The van der Waals surface area contributed by atoms with Crippen LogP contribution in [-0.2, 0) is 4.74 Å². The van der Waals surface area contributed by atoms with Crippen molar-refractivity contribution in [3.8, 4) is 11.3 Å². The molecule has 1 saturated heterocycles. The number of ether oxygens (including phenoxy) is 1. The second-order valence-electron chi connectivity index (χ2n) is 10.6. The second-order valence-corrected chi connectivity index (χ2v) is 10.6. The zero-order valence-electron chi connectivity index (χ0n) is 22.7. The third-order valence-corrected chi connectivity index (χ3v) is 7.67. The second kappa shape index (κ2) is 10.7. The van der Waals surface area contributed by atoms with Crippen molar-refractivity contribution in [2.24, 2.45) is 0 Å². The van der Waals surface area contributed by atoms with E-state index >= 15 is 0 Å². The number of imidazole rings is 1. The van der Waals surface area contributed by atoms with Gasteiger partial charge < -0.3 is 15.4 Å². The Balaban J connectivity index is 1.17. The molecule has 5 aromatic rings. The van der Waals surface area contributed by atoms with Gasteiger partial charge >= 0.3 is 0 Å². The number of nitrogens with zero attached hydrogens (tertiary/aromatic N) is 6. The Kier molecular flexibility index (Phi) is 6.60. The molecule has 10 nitrogen and oxygen atoms in total. The van der Waals surface area contributed by atoms with Crippen molar-refractivity contribution < 1.29 is 9.53 Å². The quantitative estimate of drug-likeness (QED) is 0.249. The summed E-state index contributed by atoms with van der Waals surface area (Å²) in [6, 6.07) is 13.3. The molecule has 206 valence electrons. The number of carbonyl (C=O) groups excluding carboxylic acids is 1. The fourth-order valence-corrected chi connectivity index (χ4v) is 5.26. The number of aromatic nitrogens is 6. The monoisotopic (exact) mass is 546 g/mol. The number of aryl methyl sites for hydroxylation is 1. The fraction of sp³-hybridized carbons (Fsp3) is 0.290. The first-order chi connectivity index (χ1) is 20.1. The maximum atomic E-state index is 13.0. The topological polar surface area (TPSA) is 120 Å². The van der Waals surface area contributed by atoms with E-state index in [1.54, 1.807) is 31.1 Å². The molecule has 0 radical (unpaired) electrons. The maximum Gasteiger partial charge on any atom is 0.255 e. The standard InChI is InChI=1S/C31H30N8O2/c1-19-7-10-22(37-31(40)21-11-13-32-25(15-21)20-8-9-20)16-24(19)38-29-23(5-4-12-33-29)27-28-30(35-17-34-27)39(18-36-28)26-6-2-3-14-41-26/h4-5,7,10-13,15-18,20,26H,2-3,6,8-9,14H2,1H3,(H,33,38)(H,37,40). The van der Waals surface area contributed by atoms with Crippen LogP contribution in [0.15, 0.2) is 67.5 Å². The lowest BCUT2D eigenvalue weighted by Crippen LogP contribution is -2.17. The van der Waals surface area contributed by atoms with E-state index in [4.69, 9.17) is 4.74 Å². The van der Waals surface area contributed by atoms with Crippen LogP contribution in [0.1, 0.15) is 65.9 Å². The highest BCUT2D eigenvalue weighted by Gasteiger charge is 2.26. The third kappa shape index (κ3) is 5.14. The molecule has 1 saturated carbocycles. The first-order valence-corrected chi connectivity index (χ1v) is 14.0. The Morgan fingerprint density at radius 2 is 1.90 bits per heavy atom. The highest BCUT2D eigenvalue weighted by molar-refractivity contribution is 6.04. The van der Waals surface area contributed by atoms with Crippen molar-refractivity contribution >= 4 is 34.3 Å². The molecule has 0 bridgehead atoms. The van der Waals surface area contributed by atoms with Crippen LogP contribution in [0, 0.1) is 6.92 Å². The molecule has 2 N–H and O–H groups in total. The first-order valence-electron chi connectivity index (χ1n) is 14.0. The molecule has 41 heavy (non-hydrogen) atoms. The van der Waals surface area contributed by atoms with E-state index in [9.17, 15) is 4.79 Å². The maximum absolute atomic E-state index is 13.0. The minimum atomic E-state index is -0.163. The van der Waals surface area contributed by atoms with Crippen LogP contribution in [0.2, 0.25) is 0 Å². The van der Waals surface area contributed by atoms with Crippen molar-refractivity contribution in [2.75, 3.05) is 17.2 Å². The van der Waals surface area contributed by atoms with Gasteiger partial charge in [0.05, 0.1) is 6.33 Å². The molecule has 10 heteroatoms. The molecule has 0 spiro atoms. The summed E-state index contributed by atoms with van der Waals surface area (Å²) in [5, 5.41) is 6.50. The lowest BCUT2D eigenvalue weighted by Gasteiger charge is -2.23. The number of benzene rings is 1. The highest BCUT2D eigenvalue weighted by atomic mass is 16.5. The summed E-state index contributed by atoms with van der Waals surface area (Å²) >= 11 is 0. The van der Waals surface area contributed by atoms with E-state index in [-0.39, 0.29) is 12.1 Å². The smallest absolute Gasteiger partial charge is 0.255 e. The number of rotatable bonds is 7. The molecule has 2 aliphatic rings. The normalized spacial score (nSPS) is 17.0.